The van der Waals surface area contributed by atoms with E-state index in [1.165, 1.54) is 10.4 Å². The quantitative estimate of drug-likeness (QED) is 0.829. The number of thiophene rings is 1. The maximum absolute atomic E-state index is 5.90. The van der Waals surface area contributed by atoms with Gasteiger partial charge < -0.3 is 0 Å². The van der Waals surface area contributed by atoms with Crippen molar-refractivity contribution < 1.29 is 0 Å². The van der Waals surface area contributed by atoms with Gasteiger partial charge in [0, 0.05) is 30.4 Å². The molecular formula is C12H13ClN2S. The van der Waals surface area contributed by atoms with E-state index in [9.17, 15) is 0 Å². The predicted octanol–water partition coefficient (Wildman–Crippen LogP) is 3.43. The number of aromatic nitrogens is 1. The van der Waals surface area contributed by atoms with Crippen LogP contribution in [-0.2, 0) is 13.1 Å². The highest BCUT2D eigenvalue weighted by Crippen LogP contribution is 2.22. The minimum Gasteiger partial charge on any atom is -0.297 e. The lowest BCUT2D eigenvalue weighted by atomic mass is 10.2. The Hall–Kier alpha value is -0.900. The van der Waals surface area contributed by atoms with E-state index >= 15 is 0 Å². The average molecular weight is 253 g/mol. The van der Waals surface area contributed by atoms with Crippen LogP contribution in [0.4, 0.5) is 0 Å². The molecule has 0 spiro atoms. The normalized spacial score (nSPS) is 10.9. The van der Waals surface area contributed by atoms with Crippen LogP contribution in [0.5, 0.6) is 0 Å². The molecule has 2 aromatic rings. The highest BCUT2D eigenvalue weighted by atomic mass is 35.5. The lowest BCUT2D eigenvalue weighted by molar-refractivity contribution is 0.322. The van der Waals surface area contributed by atoms with Crippen LogP contribution in [0.1, 0.15) is 10.4 Å². The van der Waals surface area contributed by atoms with Gasteiger partial charge in [-0.05, 0) is 36.9 Å². The second-order valence-electron chi connectivity index (χ2n) is 3.73. The molecule has 16 heavy (non-hydrogen) atoms. The second kappa shape index (κ2) is 5.43. The molecule has 0 fully saturated rings. The zero-order valence-corrected chi connectivity index (χ0v) is 10.6. The predicted molar refractivity (Wildman–Crippen MR) is 68.7 cm³/mol. The standard InChI is InChI=1S/C12H13ClN2S/c1-15(8-10-4-6-14-7-5-10)9-11-2-3-12(13)16-11/h2-7H,8-9H2,1H3. The van der Waals surface area contributed by atoms with Crippen molar-refractivity contribution in [3.8, 4) is 0 Å². The number of hydrogen-bond acceptors (Lipinski definition) is 3. The first-order chi connectivity index (χ1) is 7.74. The Morgan fingerprint density at radius 1 is 1.19 bits per heavy atom. The van der Waals surface area contributed by atoms with Crippen LogP contribution in [0, 0.1) is 0 Å². The Morgan fingerprint density at radius 2 is 1.94 bits per heavy atom. The fourth-order valence-electron chi connectivity index (χ4n) is 1.56. The molecule has 2 rings (SSSR count). The highest BCUT2D eigenvalue weighted by molar-refractivity contribution is 7.16. The van der Waals surface area contributed by atoms with E-state index in [4.69, 9.17) is 11.6 Å². The van der Waals surface area contributed by atoms with Crippen molar-refractivity contribution in [3.05, 3.63) is 51.4 Å². The molecule has 0 atom stereocenters. The number of pyridine rings is 1. The van der Waals surface area contributed by atoms with Gasteiger partial charge >= 0.3 is 0 Å². The summed E-state index contributed by atoms with van der Waals surface area (Å²) in [5.74, 6) is 0. The first kappa shape index (κ1) is 11.6. The van der Waals surface area contributed by atoms with E-state index in [1.54, 1.807) is 11.3 Å². The number of rotatable bonds is 4. The minimum atomic E-state index is 0.854. The Labute approximate surface area is 105 Å². The molecule has 0 saturated carbocycles. The average Bonchev–Trinajstić information content (AvgIpc) is 2.65. The summed E-state index contributed by atoms with van der Waals surface area (Å²) in [6, 6.07) is 8.10. The number of hydrogen-bond donors (Lipinski definition) is 0. The van der Waals surface area contributed by atoms with E-state index in [0.717, 1.165) is 17.4 Å². The minimum absolute atomic E-state index is 0.854. The summed E-state index contributed by atoms with van der Waals surface area (Å²) in [5, 5.41) is 0. The van der Waals surface area contributed by atoms with Gasteiger partial charge in [-0.1, -0.05) is 11.6 Å². The van der Waals surface area contributed by atoms with Gasteiger partial charge in [-0.2, -0.15) is 0 Å². The zero-order chi connectivity index (χ0) is 11.4. The summed E-state index contributed by atoms with van der Waals surface area (Å²) < 4.78 is 0.854. The van der Waals surface area contributed by atoms with Crippen LogP contribution < -0.4 is 0 Å². The van der Waals surface area contributed by atoms with Gasteiger partial charge in [0.1, 0.15) is 0 Å². The molecule has 0 aliphatic carbocycles. The number of nitrogens with zero attached hydrogens (tertiary/aromatic N) is 2. The monoisotopic (exact) mass is 252 g/mol. The van der Waals surface area contributed by atoms with Gasteiger partial charge in [0.25, 0.3) is 0 Å². The van der Waals surface area contributed by atoms with E-state index < -0.39 is 0 Å². The topological polar surface area (TPSA) is 16.1 Å². The molecule has 2 heterocycles. The molecular weight excluding hydrogens is 240 g/mol. The zero-order valence-electron chi connectivity index (χ0n) is 9.06. The van der Waals surface area contributed by atoms with Crippen molar-refractivity contribution in [3.63, 3.8) is 0 Å². The molecule has 2 aromatic heterocycles. The first-order valence-electron chi connectivity index (χ1n) is 5.06. The SMILES string of the molecule is CN(Cc1ccncc1)Cc1ccc(Cl)s1. The summed E-state index contributed by atoms with van der Waals surface area (Å²) in [5.41, 5.74) is 1.28. The van der Waals surface area contributed by atoms with Crippen LogP contribution >= 0.6 is 22.9 Å². The summed E-state index contributed by atoms with van der Waals surface area (Å²) >= 11 is 7.53. The Balaban J connectivity index is 1.92. The van der Waals surface area contributed by atoms with Gasteiger partial charge in [0.05, 0.1) is 4.34 Å². The molecule has 2 nitrogen and oxygen atoms in total. The molecule has 0 bridgehead atoms. The summed E-state index contributed by atoms with van der Waals surface area (Å²) in [4.78, 5) is 7.56. The molecule has 84 valence electrons. The smallest absolute Gasteiger partial charge is 0.0931 e. The van der Waals surface area contributed by atoms with Crippen LogP contribution in [0.2, 0.25) is 4.34 Å². The van der Waals surface area contributed by atoms with Crippen molar-refractivity contribution in [1.82, 2.24) is 9.88 Å². The van der Waals surface area contributed by atoms with E-state index in [0.29, 0.717) is 0 Å². The Kier molecular flexibility index (Phi) is 3.93. The largest absolute Gasteiger partial charge is 0.297 e. The third-order valence-corrected chi connectivity index (χ3v) is 3.47. The third-order valence-electron chi connectivity index (χ3n) is 2.26. The Bertz CT molecular complexity index is 441. The molecule has 4 heteroatoms. The van der Waals surface area contributed by atoms with Crippen molar-refractivity contribution in [2.75, 3.05) is 7.05 Å². The van der Waals surface area contributed by atoms with Gasteiger partial charge in [0.2, 0.25) is 0 Å². The van der Waals surface area contributed by atoms with Crippen LogP contribution in [0.15, 0.2) is 36.7 Å². The maximum Gasteiger partial charge on any atom is 0.0931 e. The third kappa shape index (κ3) is 3.30. The van der Waals surface area contributed by atoms with Crippen LogP contribution in [0.25, 0.3) is 0 Å². The van der Waals surface area contributed by atoms with E-state index in [1.807, 2.05) is 30.6 Å². The summed E-state index contributed by atoms with van der Waals surface area (Å²) in [6.07, 6.45) is 3.65. The van der Waals surface area contributed by atoms with Crippen molar-refractivity contribution >= 4 is 22.9 Å². The molecule has 0 aliphatic rings. The molecule has 0 unspecified atom stereocenters. The summed E-state index contributed by atoms with van der Waals surface area (Å²) in [7, 11) is 2.11. The first-order valence-corrected chi connectivity index (χ1v) is 6.25. The molecule has 0 radical (unpaired) electrons. The summed E-state index contributed by atoms with van der Waals surface area (Å²) in [6.45, 7) is 1.86. The van der Waals surface area contributed by atoms with Gasteiger partial charge in [-0.25, -0.2) is 0 Å². The van der Waals surface area contributed by atoms with Crippen molar-refractivity contribution in [2.24, 2.45) is 0 Å². The molecule has 0 aromatic carbocycles. The van der Waals surface area contributed by atoms with Gasteiger partial charge in [-0.15, -0.1) is 11.3 Å². The van der Waals surface area contributed by atoms with Crippen LogP contribution in [0.3, 0.4) is 0 Å². The van der Waals surface area contributed by atoms with Crippen LogP contribution in [-0.4, -0.2) is 16.9 Å². The fraction of sp³-hybridized carbons (Fsp3) is 0.250. The lowest BCUT2D eigenvalue weighted by Crippen LogP contribution is -2.16. The Morgan fingerprint density at radius 3 is 2.56 bits per heavy atom. The fourth-order valence-corrected chi connectivity index (χ4v) is 2.73. The van der Waals surface area contributed by atoms with E-state index in [2.05, 4.69) is 23.0 Å². The number of halogens is 1. The highest BCUT2D eigenvalue weighted by Gasteiger charge is 2.03. The molecule has 0 saturated heterocycles. The lowest BCUT2D eigenvalue weighted by Gasteiger charge is -2.15. The molecule has 0 aliphatic heterocycles. The second-order valence-corrected chi connectivity index (χ2v) is 5.53. The van der Waals surface area contributed by atoms with Crippen molar-refractivity contribution in [2.45, 2.75) is 13.1 Å². The maximum atomic E-state index is 5.90. The van der Waals surface area contributed by atoms with E-state index in [-0.39, 0.29) is 0 Å². The molecule has 0 amide bonds. The van der Waals surface area contributed by atoms with Crippen molar-refractivity contribution in [1.29, 1.82) is 0 Å². The van der Waals surface area contributed by atoms with Gasteiger partial charge in [0.15, 0.2) is 0 Å². The van der Waals surface area contributed by atoms with Gasteiger partial charge in [-0.3, -0.25) is 9.88 Å². The molecule has 0 N–H and O–H groups in total.